The smallest absolute Gasteiger partial charge is 0.313 e. The van der Waals surface area contributed by atoms with Crippen LogP contribution < -0.4 is 10.2 Å². The van der Waals surface area contributed by atoms with E-state index < -0.39 is 59.5 Å². The summed E-state index contributed by atoms with van der Waals surface area (Å²) >= 11 is 10.4. The largest absolute Gasteiger partial charge is 0.455 e. The maximum atomic E-state index is 14.9. The summed E-state index contributed by atoms with van der Waals surface area (Å²) in [4.78, 5) is 59.7. The molecular weight excluding hydrogens is 754 g/mol. The average Bonchev–Trinajstić information content (AvgIpc) is 3.72. The summed E-state index contributed by atoms with van der Waals surface area (Å²) < 4.78 is 18.5. The summed E-state index contributed by atoms with van der Waals surface area (Å²) in [6.07, 6.45) is 3.31. The first-order valence-corrected chi connectivity index (χ1v) is 18.9. The Labute approximate surface area is 318 Å². The molecule has 3 fully saturated rings. The summed E-state index contributed by atoms with van der Waals surface area (Å²) in [6.45, 7) is 9.66. The molecule has 1 unspecified atom stereocenters. The van der Waals surface area contributed by atoms with E-state index >= 15 is 0 Å². The van der Waals surface area contributed by atoms with Gasteiger partial charge in [-0.1, -0.05) is 82.1 Å². The number of likely N-dealkylation sites (tertiary alicyclic amines) is 1. The number of amides is 3. The number of nitrogens with zero attached hydrogens (tertiary/aromatic N) is 2. The van der Waals surface area contributed by atoms with E-state index in [0.29, 0.717) is 42.0 Å². The molecule has 0 radical (unpaired) electrons. The standard InChI is InChI=1S/C39H47BrClN3O8/c1-5-7-18-29(46)42-28(23-50-4)33(25-15-9-8-10-16-25)51-38(49)30-31-36(47)44(20-11-12-21-45)35(39(31)22-26(40)34(30)52-39)37(48)43(19-6-2)32-24(3)14-13-17-27(32)41/h5-6,8-10,13-17,26,28,30-31,33-35,45H,1-2,7,11-12,18-23H2,3-4H3,(H,42,46)/t26?,28-,30-,31+,33-,34-,35-,39+/m0/s1. The van der Waals surface area contributed by atoms with Crippen molar-refractivity contribution >= 4 is 56.9 Å². The minimum atomic E-state index is -1.36. The Morgan fingerprint density at radius 1 is 1.17 bits per heavy atom. The van der Waals surface area contributed by atoms with Gasteiger partial charge in [0.25, 0.3) is 5.91 Å². The molecule has 11 nitrogen and oxygen atoms in total. The molecule has 5 rings (SSSR count). The Morgan fingerprint density at radius 3 is 2.58 bits per heavy atom. The quantitative estimate of drug-likeness (QED) is 0.0925. The second-order valence-corrected chi connectivity index (χ2v) is 15.1. The number of halogens is 2. The monoisotopic (exact) mass is 799 g/mol. The molecule has 2 bridgehead atoms. The zero-order valence-electron chi connectivity index (χ0n) is 29.5. The van der Waals surface area contributed by atoms with E-state index in [1.54, 1.807) is 48.6 Å². The highest BCUT2D eigenvalue weighted by atomic mass is 79.9. The molecule has 3 amide bonds. The van der Waals surface area contributed by atoms with Crippen LogP contribution in [0.2, 0.25) is 5.02 Å². The van der Waals surface area contributed by atoms with Crippen LogP contribution >= 0.6 is 27.5 Å². The number of hydrogen-bond acceptors (Lipinski definition) is 8. The topological polar surface area (TPSA) is 135 Å². The third-order valence-corrected chi connectivity index (χ3v) is 11.3. The van der Waals surface area contributed by atoms with Crippen molar-refractivity contribution in [2.75, 3.05) is 38.3 Å². The van der Waals surface area contributed by atoms with Gasteiger partial charge in [-0.05, 0) is 49.8 Å². The number of ether oxygens (including phenoxy) is 3. The Hall–Kier alpha value is -3.55. The number of carbonyl (C=O) groups excluding carboxylic acids is 4. The van der Waals surface area contributed by atoms with Crippen molar-refractivity contribution in [1.29, 1.82) is 0 Å². The molecule has 1 spiro atoms. The third-order valence-electron chi connectivity index (χ3n) is 10.1. The van der Waals surface area contributed by atoms with Crippen molar-refractivity contribution < 1.29 is 38.5 Å². The fourth-order valence-electron chi connectivity index (χ4n) is 7.97. The first-order chi connectivity index (χ1) is 25.0. The molecule has 2 aromatic rings. The summed E-state index contributed by atoms with van der Waals surface area (Å²) in [5.74, 6) is -3.83. The van der Waals surface area contributed by atoms with E-state index in [2.05, 4.69) is 34.4 Å². The number of benzene rings is 2. The number of aliphatic hydroxyl groups excluding tert-OH is 1. The molecule has 13 heteroatoms. The van der Waals surface area contributed by atoms with Gasteiger partial charge in [0.2, 0.25) is 11.8 Å². The first-order valence-electron chi connectivity index (χ1n) is 17.6. The number of aliphatic hydroxyl groups is 1. The van der Waals surface area contributed by atoms with Gasteiger partial charge < -0.3 is 34.4 Å². The fourth-order valence-corrected chi connectivity index (χ4v) is 9.24. The van der Waals surface area contributed by atoms with Gasteiger partial charge in [0.15, 0.2) is 0 Å². The predicted octanol–water partition coefficient (Wildman–Crippen LogP) is 5.07. The number of esters is 1. The number of aryl methyl sites for hydroxylation is 1. The molecule has 3 heterocycles. The molecule has 3 aliphatic heterocycles. The van der Waals surface area contributed by atoms with Crippen molar-refractivity contribution in [2.24, 2.45) is 11.8 Å². The molecule has 280 valence electrons. The van der Waals surface area contributed by atoms with Crippen LogP contribution in [0.15, 0.2) is 73.8 Å². The van der Waals surface area contributed by atoms with Crippen LogP contribution in [0.1, 0.15) is 49.3 Å². The highest BCUT2D eigenvalue weighted by molar-refractivity contribution is 9.09. The number of rotatable bonds is 18. The van der Waals surface area contributed by atoms with E-state index in [9.17, 15) is 24.3 Å². The van der Waals surface area contributed by atoms with Gasteiger partial charge in [-0.15, -0.1) is 13.2 Å². The molecule has 0 aliphatic carbocycles. The van der Waals surface area contributed by atoms with Crippen molar-refractivity contribution in [3.63, 3.8) is 0 Å². The SMILES string of the molecule is C=CCCC(=O)N[C@@H](COC)[C@@H](OC(=O)[C@@H]1[C@H]2O[C@@]3(CC2Br)[C@H](C(=O)N(CC=C)c2c(C)cccc2Cl)N(CCCCO)C(=O)[C@@H]13)c1ccccc1. The second kappa shape index (κ2) is 17.5. The van der Waals surface area contributed by atoms with Crippen LogP contribution in [-0.4, -0.2) is 95.7 Å². The summed E-state index contributed by atoms with van der Waals surface area (Å²) in [6, 6.07) is 12.5. The van der Waals surface area contributed by atoms with Gasteiger partial charge in [0.1, 0.15) is 17.7 Å². The molecule has 8 atom stereocenters. The van der Waals surface area contributed by atoms with Crippen LogP contribution in [0, 0.1) is 18.8 Å². The van der Waals surface area contributed by atoms with E-state index in [-0.39, 0.29) is 43.5 Å². The van der Waals surface area contributed by atoms with Gasteiger partial charge >= 0.3 is 5.97 Å². The second-order valence-electron chi connectivity index (χ2n) is 13.5. The Morgan fingerprint density at radius 2 is 1.92 bits per heavy atom. The lowest BCUT2D eigenvalue weighted by molar-refractivity contribution is -0.163. The first kappa shape index (κ1) is 39.7. The lowest BCUT2D eigenvalue weighted by atomic mass is 9.70. The fraction of sp³-hybridized carbons (Fsp3) is 0.487. The third kappa shape index (κ3) is 7.72. The highest BCUT2D eigenvalue weighted by Gasteiger charge is 2.77. The summed E-state index contributed by atoms with van der Waals surface area (Å²) in [7, 11) is 1.50. The number of allylic oxidation sites excluding steroid dienone is 1. The number of hydrogen-bond donors (Lipinski definition) is 2. The lowest BCUT2D eigenvalue weighted by Gasteiger charge is -2.37. The molecule has 52 heavy (non-hydrogen) atoms. The minimum Gasteiger partial charge on any atom is -0.455 e. The number of nitrogens with one attached hydrogen (secondary N) is 1. The number of methoxy groups -OCH3 is 1. The van der Waals surface area contributed by atoms with E-state index in [1.165, 1.54) is 16.9 Å². The van der Waals surface area contributed by atoms with Crippen LogP contribution in [0.5, 0.6) is 0 Å². The normalized spacial score (nSPS) is 25.7. The van der Waals surface area contributed by atoms with Gasteiger partial charge in [0, 0.05) is 38.1 Å². The zero-order chi connectivity index (χ0) is 37.6. The minimum absolute atomic E-state index is 0.0421. The van der Waals surface area contributed by atoms with E-state index in [4.69, 9.17) is 25.8 Å². The van der Waals surface area contributed by atoms with Gasteiger partial charge in [0.05, 0.1) is 41.3 Å². The summed E-state index contributed by atoms with van der Waals surface area (Å²) in [5, 5.41) is 12.9. The maximum absolute atomic E-state index is 14.9. The molecule has 0 saturated carbocycles. The van der Waals surface area contributed by atoms with Crippen molar-refractivity contribution in [1.82, 2.24) is 10.2 Å². The molecular formula is C39H47BrClN3O8. The van der Waals surface area contributed by atoms with Gasteiger partial charge in [-0.3, -0.25) is 19.2 Å². The molecule has 2 aromatic carbocycles. The van der Waals surface area contributed by atoms with Crippen molar-refractivity contribution in [2.45, 2.75) is 73.7 Å². The van der Waals surface area contributed by atoms with Gasteiger partial charge in [-0.25, -0.2) is 0 Å². The van der Waals surface area contributed by atoms with Crippen LogP contribution in [-0.2, 0) is 33.4 Å². The average molecular weight is 801 g/mol. The summed E-state index contributed by atoms with van der Waals surface area (Å²) in [5.41, 5.74) is 0.527. The molecule has 2 N–H and O–H groups in total. The van der Waals surface area contributed by atoms with Crippen molar-refractivity contribution in [3.8, 4) is 0 Å². The molecule has 0 aromatic heterocycles. The van der Waals surface area contributed by atoms with E-state index in [1.807, 2.05) is 19.1 Å². The Balaban J connectivity index is 1.54. The number of para-hydroxylation sites is 1. The number of anilines is 1. The lowest BCUT2D eigenvalue weighted by Crippen LogP contribution is -2.57. The van der Waals surface area contributed by atoms with Crippen LogP contribution in [0.25, 0.3) is 0 Å². The van der Waals surface area contributed by atoms with Gasteiger partial charge in [-0.2, -0.15) is 0 Å². The molecule has 3 saturated heterocycles. The number of carbonyl (C=O) groups is 4. The van der Waals surface area contributed by atoms with Crippen LogP contribution in [0.3, 0.4) is 0 Å². The zero-order valence-corrected chi connectivity index (χ0v) is 31.9. The van der Waals surface area contributed by atoms with E-state index in [0.717, 1.165) is 5.56 Å². The van der Waals surface area contributed by atoms with Crippen LogP contribution in [0.4, 0.5) is 5.69 Å². The highest BCUT2D eigenvalue weighted by Crippen LogP contribution is 2.60. The predicted molar refractivity (Wildman–Crippen MR) is 201 cm³/mol. The molecule has 3 aliphatic rings. The Kier molecular flexibility index (Phi) is 13.4. The number of fused-ring (bicyclic) bond motifs is 1. The maximum Gasteiger partial charge on any atom is 0.313 e. The number of alkyl halides is 1. The number of unbranched alkanes of at least 4 members (excludes halogenated alkanes) is 1. The van der Waals surface area contributed by atoms with Crippen molar-refractivity contribution in [3.05, 3.63) is 90.0 Å². The Bertz CT molecular complexity index is 1620.